The third-order valence-electron chi connectivity index (χ3n) is 4.32. The van der Waals surface area contributed by atoms with Gasteiger partial charge in [-0.15, -0.1) is 0 Å². The summed E-state index contributed by atoms with van der Waals surface area (Å²) in [5, 5.41) is 9.01. The van der Waals surface area contributed by atoms with Crippen LogP contribution in [0.4, 0.5) is 0 Å². The second kappa shape index (κ2) is 14.5. The molecule has 0 bridgehead atoms. The molecule has 2 N–H and O–H groups in total. The highest BCUT2D eigenvalue weighted by Crippen LogP contribution is 2.45. The number of rotatable bonds is 18. The predicted octanol–water partition coefficient (Wildman–Crippen LogP) is 4.10. The Balaban J connectivity index is 2.37. The summed E-state index contributed by atoms with van der Waals surface area (Å²) in [6.45, 7) is 3.30. The van der Waals surface area contributed by atoms with Crippen LogP contribution in [-0.2, 0) is 18.4 Å². The van der Waals surface area contributed by atoms with Crippen molar-refractivity contribution in [2.24, 2.45) is 0 Å². The monoisotopic (exact) mass is 476 g/mol. The number of hydrogen-bond acceptors (Lipinski definition) is 6. The summed E-state index contributed by atoms with van der Waals surface area (Å²) >= 11 is 0. The van der Waals surface area contributed by atoms with Crippen molar-refractivity contribution in [1.82, 2.24) is 0 Å². The summed E-state index contributed by atoms with van der Waals surface area (Å²) in [7, 11) is 1.13. The van der Waals surface area contributed by atoms with Crippen molar-refractivity contribution in [3.05, 3.63) is 24.3 Å². The number of likely N-dealkylation sites (N-methyl/N-ethyl adjacent to an activating group) is 1. The fourth-order valence-corrected chi connectivity index (χ4v) is 3.90. The van der Waals surface area contributed by atoms with E-state index in [0.717, 1.165) is 18.6 Å². The summed E-state index contributed by atoms with van der Waals surface area (Å²) in [4.78, 5) is 21.0. The van der Waals surface area contributed by atoms with Crippen molar-refractivity contribution in [3.8, 4) is 11.5 Å². The van der Waals surface area contributed by atoms with Crippen molar-refractivity contribution >= 4 is 13.8 Å². The third-order valence-corrected chi connectivity index (χ3v) is 5.39. The summed E-state index contributed by atoms with van der Waals surface area (Å²) in [5.74, 6) is 0.276. The lowest BCUT2D eigenvalue weighted by atomic mass is 10.2. The van der Waals surface area contributed by atoms with Crippen LogP contribution in [-0.4, -0.2) is 74.1 Å². The van der Waals surface area contributed by atoms with Crippen LogP contribution in [0, 0.1) is 0 Å². The van der Waals surface area contributed by atoms with Gasteiger partial charge >= 0.3 is 13.8 Å². The number of aliphatic carboxylic acids is 1. The number of hydrogen-bond donors (Lipinski definition) is 2. The molecule has 184 valence electrons. The zero-order valence-corrected chi connectivity index (χ0v) is 20.6. The zero-order chi connectivity index (χ0) is 24.0. The van der Waals surface area contributed by atoms with Gasteiger partial charge in [0.15, 0.2) is 0 Å². The summed E-state index contributed by atoms with van der Waals surface area (Å²) in [5.41, 5.74) is 0. The molecule has 1 aromatic rings. The smallest absolute Gasteiger partial charge is 0.472 e. The zero-order valence-electron chi connectivity index (χ0n) is 19.7. The molecule has 0 saturated carbocycles. The Morgan fingerprint density at radius 2 is 1.66 bits per heavy atom. The van der Waals surface area contributed by atoms with Gasteiger partial charge in [-0.1, -0.05) is 32.3 Å². The first-order valence-corrected chi connectivity index (χ1v) is 12.5. The van der Waals surface area contributed by atoms with E-state index in [0.29, 0.717) is 23.3 Å². The lowest BCUT2D eigenvalue weighted by molar-refractivity contribution is -0.873. The lowest BCUT2D eigenvalue weighted by Gasteiger charge is -2.29. The molecule has 1 aromatic carbocycles. The average Bonchev–Trinajstić information content (AvgIpc) is 2.65. The van der Waals surface area contributed by atoms with Crippen LogP contribution in [0.5, 0.6) is 11.5 Å². The molecule has 9 nitrogen and oxygen atoms in total. The third kappa shape index (κ3) is 14.4. The molecule has 0 aliphatic carbocycles. The molecule has 0 heterocycles. The molecule has 0 spiro atoms. The highest BCUT2D eigenvalue weighted by molar-refractivity contribution is 7.47. The van der Waals surface area contributed by atoms with E-state index in [-0.39, 0.29) is 26.2 Å². The first-order valence-electron chi connectivity index (χ1n) is 11.0. The molecule has 32 heavy (non-hydrogen) atoms. The SMILES string of the molecule is CCCCCCOc1cccc(OCCCOP(=O)(O)OC(CC(=O)O)C[N+](C)(C)C)c1. The molecule has 0 aliphatic rings. The van der Waals surface area contributed by atoms with Gasteiger partial charge in [-0.25, -0.2) is 4.57 Å². The molecule has 0 fully saturated rings. The van der Waals surface area contributed by atoms with E-state index in [1.807, 2.05) is 45.4 Å². The number of quaternary nitrogens is 1. The van der Waals surface area contributed by atoms with Crippen molar-refractivity contribution in [3.63, 3.8) is 0 Å². The molecule has 0 radical (unpaired) electrons. The van der Waals surface area contributed by atoms with E-state index < -0.39 is 19.9 Å². The second-order valence-corrected chi connectivity index (χ2v) is 10.1. The molecule has 2 unspecified atom stereocenters. The van der Waals surface area contributed by atoms with Gasteiger partial charge in [0.05, 0.1) is 47.4 Å². The minimum absolute atomic E-state index is 0.0639. The van der Waals surface area contributed by atoms with Crippen LogP contribution in [0.25, 0.3) is 0 Å². The van der Waals surface area contributed by atoms with E-state index >= 15 is 0 Å². The van der Waals surface area contributed by atoms with Crippen molar-refractivity contribution in [1.29, 1.82) is 0 Å². The second-order valence-electron chi connectivity index (χ2n) is 8.69. The van der Waals surface area contributed by atoms with E-state index in [1.54, 1.807) is 0 Å². The van der Waals surface area contributed by atoms with Gasteiger partial charge < -0.3 is 24.0 Å². The molecule has 10 heteroatoms. The van der Waals surface area contributed by atoms with Crippen LogP contribution in [0.1, 0.15) is 45.4 Å². The van der Waals surface area contributed by atoms with Gasteiger partial charge in [0, 0.05) is 12.5 Å². The molecule has 2 atom stereocenters. The van der Waals surface area contributed by atoms with Gasteiger partial charge in [-0.3, -0.25) is 13.8 Å². The fourth-order valence-electron chi connectivity index (χ4n) is 2.96. The highest BCUT2D eigenvalue weighted by Gasteiger charge is 2.31. The Morgan fingerprint density at radius 1 is 1.03 bits per heavy atom. The maximum absolute atomic E-state index is 12.2. The van der Waals surface area contributed by atoms with Crippen molar-refractivity contribution in [2.75, 3.05) is 47.5 Å². The number of phosphoric acid groups is 1. The van der Waals surface area contributed by atoms with Gasteiger partial charge in [-0.05, 0) is 18.6 Å². The number of ether oxygens (including phenoxy) is 2. The number of nitrogens with zero attached hydrogens (tertiary/aromatic N) is 1. The maximum atomic E-state index is 12.2. The molecule has 0 aromatic heterocycles. The van der Waals surface area contributed by atoms with E-state index in [4.69, 9.17) is 23.6 Å². The number of unbranched alkanes of at least 4 members (excludes halogenated alkanes) is 3. The number of carboxylic acids is 1. The molecule has 1 rings (SSSR count). The minimum atomic E-state index is -4.38. The standard InChI is InChI=1S/C22H38NO8P/c1-5-6-7-8-13-28-19-11-9-12-20(16-19)29-14-10-15-30-32(26,27)31-21(17-22(24)25)18-23(2,3)4/h9,11-12,16,21H,5-8,10,13-15,17-18H2,1-4H3,(H-,24,25,26,27)/p+1. The van der Waals surface area contributed by atoms with Gasteiger partial charge in [-0.2, -0.15) is 0 Å². The van der Waals surface area contributed by atoms with Crippen LogP contribution >= 0.6 is 7.82 Å². The van der Waals surface area contributed by atoms with Crippen LogP contribution < -0.4 is 9.47 Å². The van der Waals surface area contributed by atoms with Crippen LogP contribution in [0.15, 0.2) is 24.3 Å². The Hall–Kier alpha value is -1.64. The van der Waals surface area contributed by atoms with E-state index in [2.05, 4.69) is 6.92 Å². The Bertz CT molecular complexity index is 722. The first kappa shape index (κ1) is 28.4. The van der Waals surface area contributed by atoms with Gasteiger partial charge in [0.25, 0.3) is 0 Å². The number of carbonyl (C=O) groups is 1. The highest BCUT2D eigenvalue weighted by atomic mass is 31.2. The first-order chi connectivity index (χ1) is 15.0. The van der Waals surface area contributed by atoms with Crippen LogP contribution in [0.3, 0.4) is 0 Å². The average molecular weight is 477 g/mol. The molecule has 0 aliphatic heterocycles. The van der Waals surface area contributed by atoms with E-state index in [1.165, 1.54) is 12.8 Å². The topological polar surface area (TPSA) is 112 Å². The number of phosphoric ester groups is 1. The lowest BCUT2D eigenvalue weighted by Crippen LogP contribution is -2.42. The largest absolute Gasteiger partial charge is 0.493 e. The summed E-state index contributed by atoms with van der Waals surface area (Å²) in [6.07, 6.45) is 3.59. The fraction of sp³-hybridized carbons (Fsp3) is 0.682. The number of benzene rings is 1. The quantitative estimate of drug-likeness (QED) is 0.185. The van der Waals surface area contributed by atoms with Crippen molar-refractivity contribution < 1.29 is 42.4 Å². The summed E-state index contributed by atoms with van der Waals surface area (Å²) < 4.78 is 34.0. The van der Waals surface area contributed by atoms with Gasteiger partial charge in [0.2, 0.25) is 0 Å². The van der Waals surface area contributed by atoms with Gasteiger partial charge in [0.1, 0.15) is 24.1 Å². The summed E-state index contributed by atoms with van der Waals surface area (Å²) in [6, 6.07) is 7.34. The normalized spacial score (nSPS) is 14.5. The van der Waals surface area contributed by atoms with E-state index in [9.17, 15) is 14.3 Å². The molecular formula is C22H39NO8P+. The van der Waals surface area contributed by atoms with Crippen LogP contribution in [0.2, 0.25) is 0 Å². The molecule has 0 saturated heterocycles. The minimum Gasteiger partial charge on any atom is -0.493 e. The Morgan fingerprint density at radius 3 is 2.22 bits per heavy atom. The maximum Gasteiger partial charge on any atom is 0.472 e. The molecular weight excluding hydrogens is 437 g/mol. The number of carboxylic acid groups (broad SMARTS) is 1. The predicted molar refractivity (Wildman–Crippen MR) is 122 cm³/mol. The Kier molecular flexibility index (Phi) is 12.9. The van der Waals surface area contributed by atoms with Crippen molar-refractivity contribution in [2.45, 2.75) is 51.6 Å². The molecule has 0 amide bonds. The Labute approximate surface area is 191 Å².